The quantitative estimate of drug-likeness (QED) is 0.414. The molecule has 184 valence electrons. The Morgan fingerprint density at radius 1 is 0.972 bits per heavy atom. The van der Waals surface area contributed by atoms with Crippen molar-refractivity contribution in [3.63, 3.8) is 0 Å². The van der Waals surface area contributed by atoms with E-state index in [0.29, 0.717) is 35.3 Å². The maximum Gasteiger partial charge on any atom is 0.253 e. The van der Waals surface area contributed by atoms with Crippen LogP contribution < -0.4 is 0 Å². The predicted molar refractivity (Wildman–Crippen MR) is 132 cm³/mol. The predicted octanol–water partition coefficient (Wildman–Crippen LogP) is 3.87. The van der Waals surface area contributed by atoms with Gasteiger partial charge in [-0.25, -0.2) is 13.4 Å². The maximum absolute atomic E-state index is 13.5. The average Bonchev–Trinajstić information content (AvgIpc) is 2.88. The number of halogens is 1. The zero-order chi connectivity index (χ0) is 25.3. The molecule has 0 atom stereocenters. The van der Waals surface area contributed by atoms with Crippen molar-refractivity contribution in [2.24, 2.45) is 0 Å². The molecule has 2 aromatic carbocycles. The van der Waals surface area contributed by atoms with Crippen molar-refractivity contribution in [1.82, 2.24) is 14.9 Å². The molecule has 3 heterocycles. The Morgan fingerprint density at radius 2 is 1.69 bits per heavy atom. The first kappa shape index (κ1) is 24.0. The van der Waals surface area contributed by atoms with Crippen molar-refractivity contribution in [2.45, 2.75) is 29.1 Å². The van der Waals surface area contributed by atoms with Gasteiger partial charge in [0.1, 0.15) is 0 Å². The summed E-state index contributed by atoms with van der Waals surface area (Å²) < 4.78 is 39.7. The van der Waals surface area contributed by atoms with Gasteiger partial charge in [0.25, 0.3) is 5.91 Å². The molecule has 0 unspecified atom stereocenters. The second-order valence-corrected chi connectivity index (χ2v) is 10.9. The first-order valence-corrected chi connectivity index (χ1v) is 13.2. The maximum atomic E-state index is 13.5. The van der Waals surface area contributed by atoms with E-state index in [4.69, 9.17) is 0 Å². The van der Waals surface area contributed by atoms with E-state index < -0.39 is 21.4 Å². The van der Waals surface area contributed by atoms with E-state index in [2.05, 4.69) is 9.97 Å². The standard InChI is InChI=1S/C27H24FN3O4S/c28-24-17-22(10-14-29-24)27(33)11-15-31(16-12-27)26(32)21-8-6-19(7-9-21)18-36(34,35)23-5-1-3-20-4-2-13-30-25(20)23/h1-10,13-14,17,33H,11-12,15-16,18H2. The summed E-state index contributed by atoms with van der Waals surface area (Å²) in [5, 5.41) is 11.7. The third-order valence-electron chi connectivity index (χ3n) is 6.63. The minimum atomic E-state index is -3.65. The highest BCUT2D eigenvalue weighted by molar-refractivity contribution is 7.90. The number of hydrogen-bond acceptors (Lipinski definition) is 6. The highest BCUT2D eigenvalue weighted by atomic mass is 32.2. The molecule has 1 fully saturated rings. The highest BCUT2D eigenvalue weighted by Crippen LogP contribution is 2.33. The van der Waals surface area contributed by atoms with Gasteiger partial charge < -0.3 is 10.0 Å². The van der Waals surface area contributed by atoms with Crippen LogP contribution >= 0.6 is 0 Å². The minimum Gasteiger partial charge on any atom is -0.385 e. The van der Waals surface area contributed by atoms with Gasteiger partial charge in [0.05, 0.1) is 21.8 Å². The number of piperidine rings is 1. The summed E-state index contributed by atoms with van der Waals surface area (Å²) in [7, 11) is -3.65. The highest BCUT2D eigenvalue weighted by Gasteiger charge is 2.36. The summed E-state index contributed by atoms with van der Waals surface area (Å²) in [6.07, 6.45) is 3.44. The van der Waals surface area contributed by atoms with Crippen LogP contribution in [0.1, 0.15) is 34.3 Å². The Kier molecular flexibility index (Phi) is 6.27. The van der Waals surface area contributed by atoms with Crippen LogP contribution in [0.15, 0.2) is 84.0 Å². The van der Waals surface area contributed by atoms with E-state index in [0.717, 1.165) is 5.39 Å². The number of amides is 1. The monoisotopic (exact) mass is 505 g/mol. The fourth-order valence-corrected chi connectivity index (χ4v) is 6.15. The fraction of sp³-hybridized carbons (Fsp3) is 0.222. The van der Waals surface area contributed by atoms with Crippen molar-refractivity contribution in [3.05, 3.63) is 102 Å². The lowest BCUT2D eigenvalue weighted by atomic mass is 9.85. The number of sulfone groups is 1. The molecule has 1 aliphatic rings. The van der Waals surface area contributed by atoms with E-state index in [1.807, 2.05) is 12.1 Å². The zero-order valence-corrected chi connectivity index (χ0v) is 20.2. The molecular formula is C27H24FN3O4S. The van der Waals surface area contributed by atoms with Crippen LogP contribution in [-0.4, -0.2) is 47.4 Å². The molecule has 9 heteroatoms. The molecule has 1 N–H and O–H groups in total. The van der Waals surface area contributed by atoms with Gasteiger partial charge in [0, 0.05) is 36.4 Å². The summed E-state index contributed by atoms with van der Waals surface area (Å²) in [6.45, 7) is 0.618. The number of likely N-dealkylation sites (tertiary alicyclic amines) is 1. The lowest BCUT2D eigenvalue weighted by molar-refractivity contribution is -0.0214. The average molecular weight is 506 g/mol. The lowest BCUT2D eigenvalue weighted by Crippen LogP contribution is -2.45. The number of hydrogen-bond donors (Lipinski definition) is 1. The number of carbonyl (C=O) groups is 1. The fourth-order valence-electron chi connectivity index (χ4n) is 4.61. The Bertz CT molecular complexity index is 1530. The van der Waals surface area contributed by atoms with Gasteiger partial charge in [0.15, 0.2) is 9.84 Å². The number of aliphatic hydroxyl groups is 1. The van der Waals surface area contributed by atoms with E-state index in [-0.39, 0.29) is 29.4 Å². The normalized spacial score (nSPS) is 15.7. The lowest BCUT2D eigenvalue weighted by Gasteiger charge is -2.38. The molecule has 2 aromatic heterocycles. The topological polar surface area (TPSA) is 100 Å². The Balaban J connectivity index is 1.27. The van der Waals surface area contributed by atoms with Crippen LogP contribution in [0.3, 0.4) is 0 Å². The van der Waals surface area contributed by atoms with Gasteiger partial charge in [-0.2, -0.15) is 4.39 Å². The summed E-state index contributed by atoms with van der Waals surface area (Å²) in [4.78, 5) is 22.6. The molecule has 1 saturated heterocycles. The summed E-state index contributed by atoms with van der Waals surface area (Å²) in [5.74, 6) is -1.07. The van der Waals surface area contributed by atoms with Crippen molar-refractivity contribution in [2.75, 3.05) is 13.1 Å². The third-order valence-corrected chi connectivity index (χ3v) is 8.34. The van der Waals surface area contributed by atoms with Crippen molar-refractivity contribution in [1.29, 1.82) is 0 Å². The molecule has 36 heavy (non-hydrogen) atoms. The SMILES string of the molecule is O=C(c1ccc(CS(=O)(=O)c2cccc3cccnc23)cc1)N1CCC(O)(c2ccnc(F)c2)CC1. The molecule has 1 amide bonds. The molecule has 0 saturated carbocycles. The molecular weight excluding hydrogens is 481 g/mol. The van der Waals surface area contributed by atoms with Gasteiger partial charge in [-0.05, 0) is 60.4 Å². The number of pyridine rings is 2. The van der Waals surface area contributed by atoms with Crippen LogP contribution in [0.25, 0.3) is 10.9 Å². The number of nitrogens with zero attached hydrogens (tertiary/aromatic N) is 3. The number of carbonyl (C=O) groups excluding carboxylic acids is 1. The Labute approximate surface area is 208 Å². The van der Waals surface area contributed by atoms with E-state index in [9.17, 15) is 22.7 Å². The molecule has 0 bridgehead atoms. The molecule has 0 spiro atoms. The Morgan fingerprint density at radius 3 is 2.42 bits per heavy atom. The van der Waals surface area contributed by atoms with Gasteiger partial charge in [-0.15, -0.1) is 0 Å². The molecule has 7 nitrogen and oxygen atoms in total. The number of aromatic nitrogens is 2. The van der Waals surface area contributed by atoms with Crippen LogP contribution in [-0.2, 0) is 21.2 Å². The molecule has 0 aliphatic carbocycles. The first-order chi connectivity index (χ1) is 17.2. The number of para-hydroxylation sites is 1. The molecule has 4 aromatic rings. The summed E-state index contributed by atoms with van der Waals surface area (Å²) >= 11 is 0. The van der Waals surface area contributed by atoms with Gasteiger partial charge >= 0.3 is 0 Å². The van der Waals surface area contributed by atoms with E-state index in [1.54, 1.807) is 59.6 Å². The number of fused-ring (bicyclic) bond motifs is 1. The molecule has 0 radical (unpaired) electrons. The van der Waals surface area contributed by atoms with Crippen molar-refractivity contribution in [3.8, 4) is 0 Å². The van der Waals surface area contributed by atoms with E-state index in [1.165, 1.54) is 12.3 Å². The second kappa shape index (κ2) is 9.40. The van der Waals surface area contributed by atoms with Crippen LogP contribution in [0.5, 0.6) is 0 Å². The molecule has 5 rings (SSSR count). The second-order valence-electron chi connectivity index (χ2n) is 8.98. The minimum absolute atomic E-state index is 0.177. The third kappa shape index (κ3) is 4.72. The van der Waals surface area contributed by atoms with Gasteiger partial charge in [0.2, 0.25) is 5.95 Å². The summed E-state index contributed by atoms with van der Waals surface area (Å²) in [5.41, 5.74) is 0.672. The van der Waals surface area contributed by atoms with Gasteiger partial charge in [-0.3, -0.25) is 9.78 Å². The zero-order valence-electron chi connectivity index (χ0n) is 19.3. The van der Waals surface area contributed by atoms with Gasteiger partial charge in [-0.1, -0.05) is 30.3 Å². The largest absolute Gasteiger partial charge is 0.385 e. The van der Waals surface area contributed by atoms with Crippen LogP contribution in [0.2, 0.25) is 0 Å². The van der Waals surface area contributed by atoms with E-state index >= 15 is 0 Å². The first-order valence-electron chi connectivity index (χ1n) is 11.5. The van der Waals surface area contributed by atoms with Crippen molar-refractivity contribution < 1.29 is 22.7 Å². The summed E-state index contributed by atoms with van der Waals surface area (Å²) in [6, 6.07) is 18.0. The van der Waals surface area contributed by atoms with Crippen LogP contribution in [0, 0.1) is 5.95 Å². The van der Waals surface area contributed by atoms with Crippen molar-refractivity contribution >= 4 is 26.6 Å². The number of rotatable bonds is 5. The smallest absolute Gasteiger partial charge is 0.253 e. The molecule has 1 aliphatic heterocycles. The Hall–Kier alpha value is -3.69. The number of benzene rings is 2. The van der Waals surface area contributed by atoms with Crippen LogP contribution in [0.4, 0.5) is 4.39 Å².